The summed E-state index contributed by atoms with van der Waals surface area (Å²) in [4.78, 5) is 29.2. The van der Waals surface area contributed by atoms with Gasteiger partial charge in [-0.3, -0.25) is 9.36 Å². The van der Waals surface area contributed by atoms with E-state index in [4.69, 9.17) is 11.6 Å². The van der Waals surface area contributed by atoms with E-state index in [1.54, 1.807) is 12.1 Å². The van der Waals surface area contributed by atoms with Crippen LogP contribution in [0.25, 0.3) is 27.6 Å². The molecule has 0 spiro atoms. The molecule has 0 amide bonds. The Morgan fingerprint density at radius 2 is 2.00 bits per heavy atom. The summed E-state index contributed by atoms with van der Waals surface area (Å²) in [7, 11) is 0. The highest BCUT2D eigenvalue weighted by molar-refractivity contribution is 6.35. The van der Waals surface area contributed by atoms with Gasteiger partial charge in [-0.25, -0.2) is 23.7 Å². The molecule has 0 radical (unpaired) electrons. The van der Waals surface area contributed by atoms with Gasteiger partial charge in [-0.05, 0) is 42.1 Å². The van der Waals surface area contributed by atoms with Gasteiger partial charge < -0.3 is 10.3 Å². The van der Waals surface area contributed by atoms with Crippen LogP contribution in [0.5, 0.6) is 0 Å². The third-order valence-corrected chi connectivity index (χ3v) is 5.83. The summed E-state index contributed by atoms with van der Waals surface area (Å²) in [6, 6.07) is 9.68. The Kier molecular flexibility index (Phi) is 5.26. The number of fused-ring (bicyclic) bond motifs is 2. The van der Waals surface area contributed by atoms with Crippen LogP contribution in [0.15, 0.2) is 59.9 Å². The predicted octanol–water partition coefficient (Wildman–Crippen LogP) is 5.15. The van der Waals surface area contributed by atoms with Crippen molar-refractivity contribution in [2.75, 3.05) is 5.32 Å². The Balaban J connectivity index is 1.76. The normalized spacial score (nSPS) is 12.4. The summed E-state index contributed by atoms with van der Waals surface area (Å²) in [5.74, 6) is -0.735. The van der Waals surface area contributed by atoms with E-state index in [1.165, 1.54) is 47.6 Å². The first-order valence-electron chi connectivity index (χ1n) is 10.2. The molecule has 33 heavy (non-hydrogen) atoms. The molecule has 2 aromatic carbocycles. The van der Waals surface area contributed by atoms with Gasteiger partial charge in [-0.2, -0.15) is 0 Å². The Bertz CT molecular complexity index is 1560. The molecule has 3 heterocycles. The van der Waals surface area contributed by atoms with E-state index >= 15 is 0 Å². The maximum atomic E-state index is 14.2. The van der Waals surface area contributed by atoms with Crippen molar-refractivity contribution >= 4 is 39.4 Å². The number of aromatic amines is 1. The number of imidazole rings is 1. The summed E-state index contributed by atoms with van der Waals surface area (Å²) in [6.45, 7) is 1.93. The van der Waals surface area contributed by atoms with Crippen molar-refractivity contribution in [1.29, 1.82) is 0 Å². The van der Waals surface area contributed by atoms with Gasteiger partial charge in [-0.15, -0.1) is 0 Å². The zero-order valence-electron chi connectivity index (χ0n) is 17.3. The van der Waals surface area contributed by atoms with Crippen molar-refractivity contribution in [2.45, 2.75) is 19.4 Å². The minimum atomic E-state index is -0.702. The quantitative estimate of drug-likeness (QED) is 0.374. The van der Waals surface area contributed by atoms with Gasteiger partial charge in [0.05, 0.1) is 28.5 Å². The maximum Gasteiger partial charge on any atom is 0.264 e. The summed E-state index contributed by atoms with van der Waals surface area (Å²) in [6.07, 6.45) is 3.46. The van der Waals surface area contributed by atoms with Crippen LogP contribution >= 0.6 is 11.6 Å². The predicted molar refractivity (Wildman–Crippen MR) is 123 cm³/mol. The number of nitrogens with zero attached hydrogens (tertiary/aromatic N) is 4. The molecule has 1 unspecified atom stereocenters. The summed E-state index contributed by atoms with van der Waals surface area (Å²) in [5, 5.41) is 3.55. The molecule has 0 fully saturated rings. The van der Waals surface area contributed by atoms with E-state index in [0.29, 0.717) is 40.2 Å². The second-order valence-electron chi connectivity index (χ2n) is 7.44. The average Bonchev–Trinajstić information content (AvgIpc) is 3.29. The molecule has 0 aliphatic rings. The van der Waals surface area contributed by atoms with Crippen LogP contribution in [0.4, 0.5) is 14.6 Å². The fourth-order valence-electron chi connectivity index (χ4n) is 3.91. The molecule has 0 saturated heterocycles. The van der Waals surface area contributed by atoms with E-state index in [1.807, 2.05) is 6.92 Å². The van der Waals surface area contributed by atoms with Gasteiger partial charge in [-0.1, -0.05) is 30.7 Å². The zero-order valence-corrected chi connectivity index (χ0v) is 18.1. The molecule has 5 rings (SSSR count). The lowest BCUT2D eigenvalue weighted by Crippen LogP contribution is -2.27. The number of aromatic nitrogens is 5. The van der Waals surface area contributed by atoms with Gasteiger partial charge in [0.25, 0.3) is 5.56 Å². The van der Waals surface area contributed by atoms with Crippen LogP contribution in [0.3, 0.4) is 0 Å². The molecule has 1 atom stereocenters. The molecule has 7 nitrogen and oxygen atoms in total. The molecule has 0 aliphatic heterocycles. The van der Waals surface area contributed by atoms with Crippen molar-refractivity contribution < 1.29 is 8.78 Å². The molecule has 10 heteroatoms. The first kappa shape index (κ1) is 21.0. The summed E-state index contributed by atoms with van der Waals surface area (Å²) < 4.78 is 29.6. The topological polar surface area (TPSA) is 88.5 Å². The Morgan fingerprint density at radius 1 is 1.15 bits per heavy atom. The second-order valence-corrected chi connectivity index (χ2v) is 7.82. The SMILES string of the molecule is CCC(Nc1ncnc2[nH]cnc12)c1cc2ccc(F)c(Cl)c2c(=O)n1-c1cccc(F)c1. The molecule has 3 aromatic heterocycles. The second kappa shape index (κ2) is 8.25. The lowest BCUT2D eigenvalue weighted by Gasteiger charge is -2.23. The van der Waals surface area contributed by atoms with Crippen LogP contribution in [0.2, 0.25) is 5.02 Å². The Morgan fingerprint density at radius 3 is 2.79 bits per heavy atom. The largest absolute Gasteiger partial charge is 0.360 e. The minimum Gasteiger partial charge on any atom is -0.360 e. The summed E-state index contributed by atoms with van der Waals surface area (Å²) >= 11 is 6.16. The minimum absolute atomic E-state index is 0.0243. The average molecular weight is 467 g/mol. The van der Waals surface area contributed by atoms with Crippen LogP contribution in [0, 0.1) is 11.6 Å². The van der Waals surface area contributed by atoms with Crippen LogP contribution < -0.4 is 10.9 Å². The fourth-order valence-corrected chi connectivity index (χ4v) is 4.17. The number of hydrogen-bond acceptors (Lipinski definition) is 5. The van der Waals surface area contributed by atoms with Crippen molar-refractivity contribution in [2.24, 2.45) is 0 Å². The van der Waals surface area contributed by atoms with Gasteiger partial charge in [0.1, 0.15) is 23.5 Å². The first-order chi connectivity index (χ1) is 16.0. The number of H-pyrrole nitrogens is 1. The lowest BCUT2D eigenvalue weighted by molar-refractivity contribution is 0.623. The highest BCUT2D eigenvalue weighted by atomic mass is 35.5. The van der Waals surface area contributed by atoms with Crippen LogP contribution in [-0.2, 0) is 0 Å². The number of halogens is 3. The number of benzene rings is 2. The van der Waals surface area contributed by atoms with E-state index in [9.17, 15) is 13.6 Å². The Labute approximate surface area is 191 Å². The number of hydrogen-bond donors (Lipinski definition) is 2. The first-order valence-corrected chi connectivity index (χ1v) is 10.6. The number of rotatable bonds is 5. The van der Waals surface area contributed by atoms with Gasteiger partial charge in [0.15, 0.2) is 11.5 Å². The van der Waals surface area contributed by atoms with E-state index in [0.717, 1.165) is 0 Å². The smallest absolute Gasteiger partial charge is 0.264 e. The molecule has 0 saturated carbocycles. The van der Waals surface area contributed by atoms with Crippen molar-refractivity contribution in [3.63, 3.8) is 0 Å². The molecule has 5 aromatic rings. The maximum absolute atomic E-state index is 14.2. The number of nitrogens with one attached hydrogen (secondary N) is 2. The van der Waals surface area contributed by atoms with Gasteiger partial charge in [0, 0.05) is 5.69 Å². The van der Waals surface area contributed by atoms with Gasteiger partial charge in [0.2, 0.25) is 0 Å². The van der Waals surface area contributed by atoms with E-state index < -0.39 is 23.2 Å². The van der Waals surface area contributed by atoms with E-state index in [2.05, 4.69) is 25.3 Å². The molecular weight excluding hydrogens is 450 g/mol. The Hall–Kier alpha value is -3.85. The van der Waals surface area contributed by atoms with Gasteiger partial charge >= 0.3 is 0 Å². The molecule has 0 bridgehead atoms. The van der Waals surface area contributed by atoms with E-state index in [-0.39, 0.29) is 10.4 Å². The lowest BCUT2D eigenvalue weighted by atomic mass is 10.0. The molecule has 2 N–H and O–H groups in total. The summed E-state index contributed by atoms with van der Waals surface area (Å²) in [5.41, 5.74) is 1.38. The molecule has 0 aliphatic carbocycles. The standard InChI is InChI=1S/C23H17ClF2N6O/c1-2-16(31-22-20-21(28-10-27-20)29-11-30-22)17-8-12-6-7-15(26)19(24)18(12)23(33)32(17)14-5-3-4-13(25)9-14/h3-11,16H,2H2,1H3,(H2,27,28,29,30,31). The van der Waals surface area contributed by atoms with Crippen molar-refractivity contribution in [3.8, 4) is 5.69 Å². The highest BCUT2D eigenvalue weighted by Crippen LogP contribution is 2.30. The monoisotopic (exact) mass is 466 g/mol. The molecule has 166 valence electrons. The van der Waals surface area contributed by atoms with Crippen LogP contribution in [0.1, 0.15) is 25.1 Å². The van der Waals surface area contributed by atoms with Crippen molar-refractivity contribution in [1.82, 2.24) is 24.5 Å². The third kappa shape index (κ3) is 3.60. The van der Waals surface area contributed by atoms with Crippen molar-refractivity contribution in [3.05, 3.63) is 87.8 Å². The number of pyridine rings is 1. The number of anilines is 1. The highest BCUT2D eigenvalue weighted by Gasteiger charge is 2.22. The molecular formula is C23H17ClF2N6O. The third-order valence-electron chi connectivity index (χ3n) is 5.47. The zero-order chi connectivity index (χ0) is 23.1. The van der Waals surface area contributed by atoms with Crippen LogP contribution in [-0.4, -0.2) is 24.5 Å². The fraction of sp³-hybridized carbons (Fsp3) is 0.130.